The molecule has 0 fully saturated rings. The molecule has 0 heterocycles. The molecule has 1 nitrogen and oxygen atoms in total. The molecule has 0 aliphatic heterocycles. The Labute approximate surface area is 88.3 Å². The first-order chi connectivity index (χ1) is 6.79. The quantitative estimate of drug-likeness (QED) is 0.597. The van der Waals surface area contributed by atoms with Crippen LogP contribution in [0.3, 0.4) is 0 Å². The van der Waals surface area contributed by atoms with Gasteiger partial charge >= 0.3 is 0 Å². The number of rotatable bonds is 0. The summed E-state index contributed by atoms with van der Waals surface area (Å²) in [6, 6.07) is 14.8. The van der Waals surface area contributed by atoms with E-state index < -0.39 is 0 Å². The molecule has 2 aromatic carbocycles. The number of hydrogen-bond acceptors (Lipinski definition) is 1. The smallest absolute Gasteiger partial charge is 0.145 e. The van der Waals surface area contributed by atoms with Crippen LogP contribution in [0.4, 0.5) is 0 Å². The fraction of sp³-hybridized carbons (Fsp3) is 0.167. The average molecular weight is 204 g/mol. The SMILES string of the molecule is CO[SiH3].Cc1cccc2ccccc12. The second-order valence-corrected chi connectivity index (χ2v) is 4.02. The van der Waals surface area contributed by atoms with E-state index in [2.05, 4.69) is 53.8 Å². The van der Waals surface area contributed by atoms with Crippen LogP contribution in [0.2, 0.25) is 0 Å². The van der Waals surface area contributed by atoms with E-state index in [9.17, 15) is 0 Å². The van der Waals surface area contributed by atoms with Crippen LogP contribution in [0.5, 0.6) is 0 Å². The molecule has 2 heteroatoms. The van der Waals surface area contributed by atoms with Gasteiger partial charge in [0.2, 0.25) is 0 Å². The predicted octanol–water partition coefficient (Wildman–Crippen LogP) is 2.06. The average Bonchev–Trinajstić information content (AvgIpc) is 2.20. The van der Waals surface area contributed by atoms with Crippen molar-refractivity contribution in [3.05, 3.63) is 48.0 Å². The highest BCUT2D eigenvalue weighted by Crippen LogP contribution is 2.16. The second kappa shape index (κ2) is 5.57. The van der Waals surface area contributed by atoms with Crippen molar-refractivity contribution in [3.8, 4) is 0 Å². The minimum absolute atomic E-state index is 0.869. The van der Waals surface area contributed by atoms with Gasteiger partial charge in [-0.1, -0.05) is 42.5 Å². The second-order valence-electron chi connectivity index (χ2n) is 3.20. The number of hydrogen-bond donors (Lipinski definition) is 0. The standard InChI is InChI=1S/C11H10.CH6OSi/c1-9-5-4-7-10-6-2-3-8-11(9)10;1-2-3/h2-8H,1H3;1,3H3. The van der Waals surface area contributed by atoms with Crippen LogP contribution in [0.15, 0.2) is 42.5 Å². The van der Waals surface area contributed by atoms with Gasteiger partial charge in [-0.15, -0.1) is 0 Å². The van der Waals surface area contributed by atoms with Crippen molar-refractivity contribution in [3.63, 3.8) is 0 Å². The maximum absolute atomic E-state index is 4.39. The molecule has 0 radical (unpaired) electrons. The molecular weight excluding hydrogens is 188 g/mol. The molecule has 2 aromatic rings. The summed E-state index contributed by atoms with van der Waals surface area (Å²) < 4.78 is 4.39. The Balaban J connectivity index is 0.000000293. The molecule has 2 rings (SSSR count). The van der Waals surface area contributed by atoms with Gasteiger partial charge in [-0.3, -0.25) is 0 Å². The Kier molecular flexibility index (Phi) is 4.36. The van der Waals surface area contributed by atoms with E-state index >= 15 is 0 Å². The summed E-state index contributed by atoms with van der Waals surface area (Å²) in [4.78, 5) is 0. The van der Waals surface area contributed by atoms with Crippen molar-refractivity contribution in [1.82, 2.24) is 0 Å². The molecule has 0 atom stereocenters. The number of aryl methyl sites for hydroxylation is 1. The molecular formula is C12H16OSi. The summed E-state index contributed by atoms with van der Waals surface area (Å²) in [6.45, 7) is 2.14. The zero-order valence-corrected chi connectivity index (χ0v) is 10.9. The predicted molar refractivity (Wildman–Crippen MR) is 65.6 cm³/mol. The third-order valence-corrected chi connectivity index (χ3v) is 2.01. The van der Waals surface area contributed by atoms with Gasteiger partial charge in [0.15, 0.2) is 0 Å². The molecule has 0 unspecified atom stereocenters. The highest BCUT2D eigenvalue weighted by molar-refractivity contribution is 5.97. The van der Waals surface area contributed by atoms with E-state index in [-0.39, 0.29) is 0 Å². The lowest BCUT2D eigenvalue weighted by molar-refractivity contribution is 0.460. The van der Waals surface area contributed by atoms with Crippen LogP contribution in [0.25, 0.3) is 10.8 Å². The largest absolute Gasteiger partial charge is 0.431 e. The lowest BCUT2D eigenvalue weighted by atomic mass is 10.1. The first-order valence-electron chi connectivity index (χ1n) is 4.64. The van der Waals surface area contributed by atoms with Gasteiger partial charge in [-0.25, -0.2) is 0 Å². The molecule has 0 aliphatic carbocycles. The van der Waals surface area contributed by atoms with Crippen LogP contribution in [0, 0.1) is 6.92 Å². The van der Waals surface area contributed by atoms with Crippen LogP contribution in [0.1, 0.15) is 5.56 Å². The minimum Gasteiger partial charge on any atom is -0.431 e. The van der Waals surface area contributed by atoms with E-state index in [1.165, 1.54) is 16.3 Å². The molecule has 0 saturated carbocycles. The van der Waals surface area contributed by atoms with Crippen molar-refractivity contribution in [1.29, 1.82) is 0 Å². The molecule has 0 amide bonds. The molecule has 0 aliphatic rings. The van der Waals surface area contributed by atoms with E-state index in [1.54, 1.807) is 7.11 Å². The van der Waals surface area contributed by atoms with Crippen LogP contribution >= 0.6 is 0 Å². The van der Waals surface area contributed by atoms with Gasteiger partial charge in [0, 0.05) is 7.11 Å². The van der Waals surface area contributed by atoms with Gasteiger partial charge < -0.3 is 4.43 Å². The highest BCUT2D eigenvalue weighted by atomic mass is 28.2. The normalized spacial score (nSPS) is 9.57. The van der Waals surface area contributed by atoms with Crippen molar-refractivity contribution in [2.24, 2.45) is 0 Å². The Morgan fingerprint density at radius 1 is 1.00 bits per heavy atom. The number of benzene rings is 2. The Hall–Kier alpha value is -1.12. The van der Waals surface area contributed by atoms with Gasteiger partial charge in [0.05, 0.1) is 0 Å². The third-order valence-electron chi connectivity index (χ3n) is 2.01. The summed E-state index contributed by atoms with van der Waals surface area (Å²) in [5.74, 6) is 0. The lowest BCUT2D eigenvalue weighted by Crippen LogP contribution is -1.75. The van der Waals surface area contributed by atoms with Gasteiger partial charge in [-0.05, 0) is 23.3 Å². The Bertz CT molecular complexity index is 393. The van der Waals surface area contributed by atoms with Crippen LogP contribution in [-0.4, -0.2) is 17.6 Å². The van der Waals surface area contributed by atoms with Crippen molar-refractivity contribution in [2.45, 2.75) is 6.92 Å². The third kappa shape index (κ3) is 2.69. The number of fused-ring (bicyclic) bond motifs is 1. The van der Waals surface area contributed by atoms with Crippen LogP contribution < -0.4 is 0 Å². The Morgan fingerprint density at radius 2 is 1.57 bits per heavy atom. The monoisotopic (exact) mass is 204 g/mol. The summed E-state index contributed by atoms with van der Waals surface area (Å²) in [5, 5.41) is 2.68. The first-order valence-corrected chi connectivity index (χ1v) is 5.45. The first kappa shape index (κ1) is 11.0. The summed E-state index contributed by atoms with van der Waals surface area (Å²) >= 11 is 0. The van der Waals surface area contributed by atoms with E-state index in [1.807, 2.05) is 0 Å². The van der Waals surface area contributed by atoms with Crippen molar-refractivity contribution >= 4 is 21.3 Å². The van der Waals surface area contributed by atoms with Crippen LogP contribution in [-0.2, 0) is 4.43 Å². The van der Waals surface area contributed by atoms with Crippen molar-refractivity contribution in [2.75, 3.05) is 7.11 Å². The molecule has 0 spiro atoms. The maximum atomic E-state index is 4.39. The van der Waals surface area contributed by atoms with Crippen molar-refractivity contribution < 1.29 is 4.43 Å². The van der Waals surface area contributed by atoms with E-state index in [4.69, 9.17) is 0 Å². The minimum atomic E-state index is 0.869. The Morgan fingerprint density at radius 3 is 2.21 bits per heavy atom. The summed E-state index contributed by atoms with van der Waals surface area (Å²) in [5.41, 5.74) is 1.35. The molecule has 0 N–H and O–H groups in total. The van der Waals surface area contributed by atoms with Gasteiger partial charge in [-0.2, -0.15) is 0 Å². The zero-order chi connectivity index (χ0) is 10.4. The fourth-order valence-electron chi connectivity index (χ4n) is 1.39. The molecule has 0 bridgehead atoms. The molecule has 74 valence electrons. The fourth-order valence-corrected chi connectivity index (χ4v) is 1.39. The topological polar surface area (TPSA) is 9.23 Å². The highest BCUT2D eigenvalue weighted by Gasteiger charge is 1.91. The lowest BCUT2D eigenvalue weighted by Gasteiger charge is -1.98. The maximum Gasteiger partial charge on any atom is 0.145 e. The van der Waals surface area contributed by atoms with Gasteiger partial charge in [0.25, 0.3) is 0 Å². The molecule has 0 aromatic heterocycles. The van der Waals surface area contributed by atoms with E-state index in [0.717, 1.165) is 10.5 Å². The van der Waals surface area contributed by atoms with Gasteiger partial charge in [0.1, 0.15) is 10.5 Å². The molecule has 14 heavy (non-hydrogen) atoms. The van der Waals surface area contributed by atoms with E-state index in [0.29, 0.717) is 0 Å². The molecule has 0 saturated heterocycles. The zero-order valence-electron chi connectivity index (χ0n) is 8.95. The summed E-state index contributed by atoms with van der Waals surface area (Å²) in [7, 11) is 2.56. The summed E-state index contributed by atoms with van der Waals surface area (Å²) in [6.07, 6.45) is 0.